The molecule has 0 aromatic carbocycles. The van der Waals surface area contributed by atoms with Crippen LogP contribution in [0, 0.1) is 5.92 Å². The van der Waals surface area contributed by atoms with Gasteiger partial charge in [0.25, 0.3) is 0 Å². The Labute approximate surface area is 317 Å². The van der Waals surface area contributed by atoms with Crippen LogP contribution in [-0.2, 0) is 28.6 Å². The summed E-state index contributed by atoms with van der Waals surface area (Å²) in [5, 5.41) is 0. The van der Waals surface area contributed by atoms with E-state index in [9.17, 15) is 14.4 Å². The molecule has 0 aliphatic heterocycles. The number of carbonyl (C=O) groups excluding carboxylic acids is 3. The summed E-state index contributed by atoms with van der Waals surface area (Å²) in [5.74, 6) is 0.0107. The van der Waals surface area contributed by atoms with E-state index in [1.165, 1.54) is 141 Å². The molecule has 0 saturated heterocycles. The molecule has 0 heterocycles. The van der Waals surface area contributed by atoms with Gasteiger partial charge in [-0.2, -0.15) is 0 Å². The molecule has 0 aliphatic carbocycles. The summed E-state index contributed by atoms with van der Waals surface area (Å²) in [6.45, 7) is 8.99. The monoisotopic (exact) mass is 723 g/mol. The fourth-order valence-electron chi connectivity index (χ4n) is 6.59. The van der Waals surface area contributed by atoms with Gasteiger partial charge < -0.3 is 14.2 Å². The second-order valence-electron chi connectivity index (χ2n) is 15.6. The molecule has 302 valence electrons. The third-order valence-electron chi connectivity index (χ3n) is 10.4. The number of hydrogen-bond donors (Lipinski definition) is 0. The minimum Gasteiger partial charge on any atom is -0.462 e. The van der Waals surface area contributed by atoms with Crippen LogP contribution < -0.4 is 0 Å². The highest BCUT2D eigenvalue weighted by molar-refractivity contribution is 5.71. The van der Waals surface area contributed by atoms with E-state index in [2.05, 4.69) is 27.7 Å². The van der Waals surface area contributed by atoms with E-state index in [-0.39, 0.29) is 31.1 Å². The second kappa shape index (κ2) is 39.6. The summed E-state index contributed by atoms with van der Waals surface area (Å²) in [6, 6.07) is 0. The van der Waals surface area contributed by atoms with Gasteiger partial charge in [0.1, 0.15) is 13.2 Å². The summed E-state index contributed by atoms with van der Waals surface area (Å²) in [7, 11) is 0. The lowest BCUT2D eigenvalue weighted by molar-refractivity contribution is -0.167. The topological polar surface area (TPSA) is 78.9 Å². The SMILES string of the molecule is CCCCCCCCCCCCC(=O)O[C@@H](COC(=O)CCCCCCCCCCC)COC(=O)CCCCCCCCCCCCC(C)CC. The van der Waals surface area contributed by atoms with Crippen LogP contribution in [0.4, 0.5) is 0 Å². The molecule has 6 nitrogen and oxygen atoms in total. The van der Waals surface area contributed by atoms with E-state index in [0.717, 1.165) is 63.7 Å². The largest absolute Gasteiger partial charge is 0.462 e. The van der Waals surface area contributed by atoms with Crippen LogP contribution >= 0.6 is 0 Å². The van der Waals surface area contributed by atoms with Crippen LogP contribution in [0.1, 0.15) is 246 Å². The Kier molecular flexibility index (Phi) is 38.4. The lowest BCUT2D eigenvalue weighted by atomic mass is 9.99. The van der Waals surface area contributed by atoms with Crippen molar-refractivity contribution >= 4 is 17.9 Å². The third-order valence-corrected chi connectivity index (χ3v) is 10.4. The molecule has 0 amide bonds. The van der Waals surface area contributed by atoms with Crippen molar-refractivity contribution in [3.8, 4) is 0 Å². The van der Waals surface area contributed by atoms with Gasteiger partial charge in [-0.15, -0.1) is 0 Å². The van der Waals surface area contributed by atoms with Crippen molar-refractivity contribution in [2.24, 2.45) is 5.92 Å². The highest BCUT2D eigenvalue weighted by atomic mass is 16.6. The summed E-state index contributed by atoms with van der Waals surface area (Å²) in [4.78, 5) is 37.6. The number of esters is 3. The van der Waals surface area contributed by atoms with Gasteiger partial charge in [-0.3, -0.25) is 14.4 Å². The van der Waals surface area contributed by atoms with Gasteiger partial charge >= 0.3 is 17.9 Å². The third kappa shape index (κ3) is 38.0. The lowest BCUT2D eigenvalue weighted by Crippen LogP contribution is -2.30. The van der Waals surface area contributed by atoms with Gasteiger partial charge in [-0.05, 0) is 25.2 Å². The van der Waals surface area contributed by atoms with Crippen molar-refractivity contribution in [2.45, 2.75) is 252 Å². The molecule has 0 radical (unpaired) electrons. The minimum atomic E-state index is -0.758. The van der Waals surface area contributed by atoms with E-state index in [4.69, 9.17) is 14.2 Å². The second-order valence-corrected chi connectivity index (χ2v) is 15.6. The Hall–Kier alpha value is -1.59. The van der Waals surface area contributed by atoms with Gasteiger partial charge in [0.2, 0.25) is 0 Å². The first kappa shape index (κ1) is 49.4. The van der Waals surface area contributed by atoms with Gasteiger partial charge in [-0.1, -0.05) is 207 Å². The molecule has 6 heteroatoms. The van der Waals surface area contributed by atoms with Crippen LogP contribution in [0.5, 0.6) is 0 Å². The first-order valence-electron chi connectivity index (χ1n) is 22.4. The highest BCUT2D eigenvalue weighted by Gasteiger charge is 2.19. The van der Waals surface area contributed by atoms with Crippen LogP contribution in [0.25, 0.3) is 0 Å². The molecular formula is C45H86O6. The molecule has 0 aromatic heterocycles. The fraction of sp³-hybridized carbons (Fsp3) is 0.933. The predicted molar refractivity (Wildman–Crippen MR) is 215 cm³/mol. The number of hydrogen-bond acceptors (Lipinski definition) is 6. The first-order chi connectivity index (χ1) is 24.9. The Bertz CT molecular complexity index is 768. The van der Waals surface area contributed by atoms with Crippen molar-refractivity contribution < 1.29 is 28.6 Å². The van der Waals surface area contributed by atoms with E-state index in [1.54, 1.807) is 0 Å². The Morgan fingerprint density at radius 1 is 0.392 bits per heavy atom. The number of carbonyl (C=O) groups is 3. The molecule has 0 rings (SSSR count). The van der Waals surface area contributed by atoms with E-state index in [0.29, 0.717) is 19.3 Å². The van der Waals surface area contributed by atoms with Crippen molar-refractivity contribution in [3.63, 3.8) is 0 Å². The smallest absolute Gasteiger partial charge is 0.306 e. The molecule has 0 aromatic rings. The van der Waals surface area contributed by atoms with Gasteiger partial charge in [0, 0.05) is 19.3 Å². The molecule has 0 spiro atoms. The molecule has 0 fully saturated rings. The molecule has 2 atom stereocenters. The highest BCUT2D eigenvalue weighted by Crippen LogP contribution is 2.17. The zero-order valence-corrected chi connectivity index (χ0v) is 34.6. The Morgan fingerprint density at radius 3 is 1.02 bits per heavy atom. The molecule has 0 aliphatic rings. The average molecular weight is 723 g/mol. The number of rotatable bonds is 40. The van der Waals surface area contributed by atoms with Gasteiger partial charge in [0.15, 0.2) is 6.10 Å². The maximum absolute atomic E-state index is 12.7. The lowest BCUT2D eigenvalue weighted by Gasteiger charge is -2.18. The summed E-state index contributed by atoms with van der Waals surface area (Å²) in [5.41, 5.74) is 0. The van der Waals surface area contributed by atoms with E-state index < -0.39 is 6.10 Å². The van der Waals surface area contributed by atoms with Crippen molar-refractivity contribution in [3.05, 3.63) is 0 Å². The van der Waals surface area contributed by atoms with Crippen LogP contribution in [0.15, 0.2) is 0 Å². The zero-order chi connectivity index (χ0) is 37.5. The Morgan fingerprint density at radius 2 is 0.686 bits per heavy atom. The predicted octanol–water partition coefficient (Wildman–Crippen LogP) is 13.9. The van der Waals surface area contributed by atoms with E-state index >= 15 is 0 Å². The van der Waals surface area contributed by atoms with Crippen LogP contribution in [0.3, 0.4) is 0 Å². The van der Waals surface area contributed by atoms with Crippen molar-refractivity contribution in [1.29, 1.82) is 0 Å². The Balaban J connectivity index is 4.30. The first-order valence-corrected chi connectivity index (χ1v) is 22.4. The van der Waals surface area contributed by atoms with Crippen LogP contribution in [-0.4, -0.2) is 37.2 Å². The maximum atomic E-state index is 12.7. The standard InChI is InChI=1S/C45H86O6/c1-5-8-10-12-14-16-21-26-30-34-38-45(48)51-42(39-49-43(46)36-32-28-24-19-15-13-11-9-6-2)40-50-44(47)37-33-29-25-22-18-17-20-23-27-31-35-41(4)7-3/h41-42H,5-40H2,1-4H3/t41?,42-/m0/s1. The molecule has 51 heavy (non-hydrogen) atoms. The summed E-state index contributed by atoms with van der Waals surface area (Å²) >= 11 is 0. The quantitative estimate of drug-likeness (QED) is 0.0356. The molecule has 0 bridgehead atoms. The van der Waals surface area contributed by atoms with Crippen LogP contribution in [0.2, 0.25) is 0 Å². The number of ether oxygens (including phenoxy) is 3. The molecule has 0 saturated carbocycles. The summed E-state index contributed by atoms with van der Waals surface area (Å²) < 4.78 is 16.7. The molecular weight excluding hydrogens is 636 g/mol. The minimum absolute atomic E-state index is 0.0642. The van der Waals surface area contributed by atoms with Gasteiger partial charge in [0.05, 0.1) is 0 Å². The molecule has 0 N–H and O–H groups in total. The molecule has 1 unspecified atom stereocenters. The van der Waals surface area contributed by atoms with E-state index in [1.807, 2.05) is 0 Å². The zero-order valence-electron chi connectivity index (χ0n) is 34.6. The maximum Gasteiger partial charge on any atom is 0.306 e. The summed E-state index contributed by atoms with van der Waals surface area (Å²) in [6.07, 6.45) is 37.9. The fourth-order valence-corrected chi connectivity index (χ4v) is 6.59. The van der Waals surface area contributed by atoms with Crippen molar-refractivity contribution in [1.82, 2.24) is 0 Å². The van der Waals surface area contributed by atoms with Crippen molar-refractivity contribution in [2.75, 3.05) is 13.2 Å². The van der Waals surface area contributed by atoms with Gasteiger partial charge in [-0.25, -0.2) is 0 Å². The number of unbranched alkanes of at least 4 members (excludes halogenated alkanes) is 26. The normalized spacial score (nSPS) is 12.5. The average Bonchev–Trinajstić information content (AvgIpc) is 3.13.